The molecule has 1 heterocycles. The minimum Gasteiger partial charge on any atom is -0.397 e. The fourth-order valence-electron chi connectivity index (χ4n) is 1.28. The molecule has 0 aliphatic heterocycles. The summed E-state index contributed by atoms with van der Waals surface area (Å²) in [4.78, 5) is 16.0. The van der Waals surface area contributed by atoms with Crippen LogP contribution < -0.4 is 11.1 Å². The number of nitrogens with two attached hydrogens (primary N) is 1. The van der Waals surface area contributed by atoms with E-state index in [-0.39, 0.29) is 5.91 Å². The molecule has 3 N–H and O–H groups in total. The minimum absolute atomic E-state index is 0.209. The summed E-state index contributed by atoms with van der Waals surface area (Å²) in [6, 6.07) is 1.74. The molecule has 0 bridgehead atoms. The number of anilines is 2. The molecule has 1 amide bonds. The normalized spacial score (nSPS) is 14.1. The first-order chi connectivity index (χ1) is 7.92. The van der Waals surface area contributed by atoms with Gasteiger partial charge in [-0.05, 0) is 31.9 Å². The fourth-order valence-corrected chi connectivity index (χ4v) is 1.28. The molecule has 1 aromatic heterocycles. The predicted molar refractivity (Wildman–Crippen MR) is 67.7 cm³/mol. The lowest BCUT2D eigenvalue weighted by Crippen LogP contribution is -2.41. The van der Waals surface area contributed by atoms with Crippen molar-refractivity contribution in [2.75, 3.05) is 18.2 Å². The van der Waals surface area contributed by atoms with E-state index in [2.05, 4.69) is 10.3 Å². The molecular formula is C12H19N3O2. The second-order valence-electron chi connectivity index (χ2n) is 4.17. The Balaban J connectivity index is 2.84. The van der Waals surface area contributed by atoms with Crippen LogP contribution in [0.5, 0.6) is 0 Å². The highest BCUT2D eigenvalue weighted by atomic mass is 16.5. The lowest BCUT2D eigenvalue weighted by atomic mass is 10.0. The van der Waals surface area contributed by atoms with Crippen molar-refractivity contribution in [3.8, 4) is 0 Å². The highest BCUT2D eigenvalue weighted by Gasteiger charge is 2.31. The van der Waals surface area contributed by atoms with Gasteiger partial charge in [-0.3, -0.25) is 4.79 Å². The highest BCUT2D eigenvalue weighted by molar-refractivity contribution is 5.96. The molecule has 0 spiro atoms. The van der Waals surface area contributed by atoms with Crippen LogP contribution in [-0.2, 0) is 9.53 Å². The zero-order chi connectivity index (χ0) is 13.1. The SMILES string of the molecule is CCC(C)(OC)C(=O)Nc1cc(C)c(N)cn1. The van der Waals surface area contributed by atoms with Gasteiger partial charge in [0.25, 0.3) is 5.91 Å². The van der Waals surface area contributed by atoms with Crippen LogP contribution >= 0.6 is 0 Å². The van der Waals surface area contributed by atoms with E-state index >= 15 is 0 Å². The van der Waals surface area contributed by atoms with Gasteiger partial charge in [-0.2, -0.15) is 0 Å². The van der Waals surface area contributed by atoms with Crippen molar-refractivity contribution in [2.45, 2.75) is 32.8 Å². The van der Waals surface area contributed by atoms with Crippen molar-refractivity contribution < 1.29 is 9.53 Å². The van der Waals surface area contributed by atoms with E-state index in [0.29, 0.717) is 17.9 Å². The van der Waals surface area contributed by atoms with E-state index in [1.165, 1.54) is 13.3 Å². The van der Waals surface area contributed by atoms with Crippen LogP contribution in [0.25, 0.3) is 0 Å². The van der Waals surface area contributed by atoms with Crippen molar-refractivity contribution >= 4 is 17.4 Å². The minimum atomic E-state index is -0.836. The van der Waals surface area contributed by atoms with Gasteiger partial charge < -0.3 is 15.8 Å². The number of hydrogen-bond donors (Lipinski definition) is 2. The number of methoxy groups -OCH3 is 1. The van der Waals surface area contributed by atoms with E-state index in [1.807, 2.05) is 13.8 Å². The largest absolute Gasteiger partial charge is 0.397 e. The second kappa shape index (κ2) is 5.14. The maximum absolute atomic E-state index is 12.0. The topological polar surface area (TPSA) is 77.2 Å². The number of rotatable bonds is 4. The molecule has 0 saturated carbocycles. The fraction of sp³-hybridized carbons (Fsp3) is 0.500. The van der Waals surface area contributed by atoms with Gasteiger partial charge in [0.15, 0.2) is 0 Å². The number of nitrogens with one attached hydrogen (secondary N) is 1. The number of ether oxygens (including phenoxy) is 1. The summed E-state index contributed by atoms with van der Waals surface area (Å²) in [6.07, 6.45) is 2.12. The van der Waals surface area contributed by atoms with Crippen LogP contribution in [0.2, 0.25) is 0 Å². The highest BCUT2D eigenvalue weighted by Crippen LogP contribution is 2.18. The molecule has 0 aliphatic carbocycles. The van der Waals surface area contributed by atoms with Crippen LogP contribution in [0.4, 0.5) is 11.5 Å². The van der Waals surface area contributed by atoms with Gasteiger partial charge in [0, 0.05) is 7.11 Å². The predicted octanol–water partition coefficient (Wildman–Crippen LogP) is 1.73. The van der Waals surface area contributed by atoms with Crippen LogP contribution in [0.3, 0.4) is 0 Å². The maximum atomic E-state index is 12.0. The number of carbonyl (C=O) groups is 1. The molecule has 1 atom stereocenters. The summed E-state index contributed by atoms with van der Waals surface area (Å²) in [5, 5.41) is 2.72. The lowest BCUT2D eigenvalue weighted by molar-refractivity contribution is -0.136. The van der Waals surface area contributed by atoms with Gasteiger partial charge in [0.05, 0.1) is 11.9 Å². The van der Waals surface area contributed by atoms with Crippen molar-refractivity contribution in [1.82, 2.24) is 4.98 Å². The molecule has 0 radical (unpaired) electrons. The number of hydrogen-bond acceptors (Lipinski definition) is 4. The average Bonchev–Trinajstić information content (AvgIpc) is 2.32. The monoisotopic (exact) mass is 237 g/mol. The maximum Gasteiger partial charge on any atom is 0.257 e. The molecule has 1 aromatic rings. The molecule has 94 valence electrons. The van der Waals surface area contributed by atoms with Gasteiger partial charge >= 0.3 is 0 Å². The number of amides is 1. The molecule has 1 rings (SSSR count). The summed E-state index contributed by atoms with van der Waals surface area (Å²) < 4.78 is 5.21. The summed E-state index contributed by atoms with van der Waals surface area (Å²) in [6.45, 7) is 5.50. The Hall–Kier alpha value is -1.62. The zero-order valence-electron chi connectivity index (χ0n) is 10.7. The third-order valence-corrected chi connectivity index (χ3v) is 3.00. The van der Waals surface area contributed by atoms with Crippen molar-refractivity contribution in [2.24, 2.45) is 0 Å². The first kappa shape index (κ1) is 13.4. The smallest absolute Gasteiger partial charge is 0.257 e. The third-order valence-electron chi connectivity index (χ3n) is 3.00. The Morgan fingerprint density at radius 2 is 2.29 bits per heavy atom. The molecule has 0 aromatic carbocycles. The number of nitrogens with zero attached hydrogens (tertiary/aromatic N) is 1. The number of aromatic nitrogens is 1. The standard InChI is InChI=1S/C12H19N3O2/c1-5-12(3,17-4)11(16)15-10-6-8(2)9(13)7-14-10/h6-7H,5,13H2,1-4H3,(H,14,15,16). The molecular weight excluding hydrogens is 218 g/mol. The average molecular weight is 237 g/mol. The third kappa shape index (κ3) is 2.94. The number of nitrogen functional groups attached to an aromatic ring is 1. The van der Waals surface area contributed by atoms with Gasteiger partial charge in [-0.1, -0.05) is 6.92 Å². The molecule has 17 heavy (non-hydrogen) atoms. The van der Waals surface area contributed by atoms with Gasteiger partial charge in [0.2, 0.25) is 0 Å². The first-order valence-corrected chi connectivity index (χ1v) is 5.51. The molecule has 1 unspecified atom stereocenters. The van der Waals surface area contributed by atoms with Gasteiger partial charge in [0.1, 0.15) is 11.4 Å². The lowest BCUT2D eigenvalue weighted by Gasteiger charge is -2.24. The van der Waals surface area contributed by atoms with Crippen molar-refractivity contribution in [3.05, 3.63) is 17.8 Å². The van der Waals surface area contributed by atoms with Crippen LogP contribution in [0.1, 0.15) is 25.8 Å². The first-order valence-electron chi connectivity index (χ1n) is 5.51. The molecule has 0 fully saturated rings. The van der Waals surface area contributed by atoms with Crippen molar-refractivity contribution in [3.63, 3.8) is 0 Å². The van der Waals surface area contributed by atoms with E-state index in [0.717, 1.165) is 5.56 Å². The van der Waals surface area contributed by atoms with E-state index in [1.54, 1.807) is 13.0 Å². The number of pyridine rings is 1. The van der Waals surface area contributed by atoms with Crippen LogP contribution in [-0.4, -0.2) is 23.6 Å². The Kier molecular flexibility index (Phi) is 4.07. The van der Waals surface area contributed by atoms with E-state index in [4.69, 9.17) is 10.5 Å². The Bertz CT molecular complexity index is 414. The van der Waals surface area contributed by atoms with Crippen LogP contribution in [0.15, 0.2) is 12.3 Å². The second-order valence-corrected chi connectivity index (χ2v) is 4.17. The summed E-state index contributed by atoms with van der Waals surface area (Å²) in [5.41, 5.74) is 6.31. The summed E-state index contributed by atoms with van der Waals surface area (Å²) in [7, 11) is 1.52. The van der Waals surface area contributed by atoms with Crippen LogP contribution in [0, 0.1) is 6.92 Å². The van der Waals surface area contributed by atoms with E-state index < -0.39 is 5.60 Å². The van der Waals surface area contributed by atoms with Gasteiger partial charge in [-0.25, -0.2) is 4.98 Å². The number of aryl methyl sites for hydroxylation is 1. The Morgan fingerprint density at radius 1 is 1.65 bits per heavy atom. The molecule has 5 nitrogen and oxygen atoms in total. The zero-order valence-corrected chi connectivity index (χ0v) is 10.7. The van der Waals surface area contributed by atoms with E-state index in [9.17, 15) is 4.79 Å². The molecule has 5 heteroatoms. The number of carbonyl (C=O) groups excluding carboxylic acids is 1. The molecule has 0 aliphatic rings. The Labute approximate surface area is 101 Å². The quantitative estimate of drug-likeness (QED) is 0.836. The molecule has 0 saturated heterocycles. The summed E-state index contributed by atoms with van der Waals surface area (Å²) in [5.74, 6) is 0.276. The van der Waals surface area contributed by atoms with Gasteiger partial charge in [-0.15, -0.1) is 0 Å². The Morgan fingerprint density at radius 3 is 2.76 bits per heavy atom. The van der Waals surface area contributed by atoms with Crippen molar-refractivity contribution in [1.29, 1.82) is 0 Å². The summed E-state index contributed by atoms with van der Waals surface area (Å²) >= 11 is 0.